The van der Waals surface area contributed by atoms with Crippen LogP contribution in [0.4, 0.5) is 20.2 Å². The molecule has 0 radical (unpaired) electrons. The van der Waals surface area contributed by atoms with Crippen molar-refractivity contribution < 1.29 is 18.4 Å². The van der Waals surface area contributed by atoms with Crippen LogP contribution in [0.3, 0.4) is 0 Å². The minimum atomic E-state index is -0.576. The Hall–Kier alpha value is -3.91. The van der Waals surface area contributed by atoms with Gasteiger partial charge < -0.3 is 10.2 Å². The molecule has 8 heteroatoms. The molecule has 1 atom stereocenters. The molecule has 3 aromatic carbocycles. The quantitative estimate of drug-likeness (QED) is 0.400. The summed E-state index contributed by atoms with van der Waals surface area (Å²) in [4.78, 5) is 31.5. The maximum Gasteiger partial charge on any atom is 0.229 e. The van der Waals surface area contributed by atoms with E-state index in [-0.39, 0.29) is 30.6 Å². The highest BCUT2D eigenvalue weighted by molar-refractivity contribution is 7.13. The summed E-state index contributed by atoms with van der Waals surface area (Å²) in [6.45, 7) is 0.171. The predicted octanol–water partition coefficient (Wildman–Crippen LogP) is 5.75. The van der Waals surface area contributed by atoms with Crippen molar-refractivity contribution >= 4 is 34.5 Å². The van der Waals surface area contributed by atoms with Crippen molar-refractivity contribution in [3.8, 4) is 21.8 Å². The second kappa shape index (κ2) is 9.15. The van der Waals surface area contributed by atoms with Crippen LogP contribution in [0.2, 0.25) is 0 Å². The predicted molar refractivity (Wildman–Crippen MR) is 128 cm³/mol. The van der Waals surface area contributed by atoms with E-state index in [1.807, 2.05) is 17.5 Å². The minimum absolute atomic E-state index is 0.0403. The van der Waals surface area contributed by atoms with E-state index in [9.17, 15) is 18.4 Å². The van der Waals surface area contributed by atoms with E-state index < -0.39 is 11.7 Å². The van der Waals surface area contributed by atoms with Crippen molar-refractivity contribution in [2.75, 3.05) is 16.8 Å². The molecule has 1 aliphatic heterocycles. The Morgan fingerprint density at radius 3 is 2.56 bits per heavy atom. The van der Waals surface area contributed by atoms with Crippen LogP contribution in [0.5, 0.6) is 0 Å². The van der Waals surface area contributed by atoms with Gasteiger partial charge in [0.25, 0.3) is 0 Å². The Balaban J connectivity index is 1.35. The molecule has 0 bridgehead atoms. The normalized spacial score (nSPS) is 15.5. The molecule has 1 aromatic heterocycles. The fourth-order valence-electron chi connectivity index (χ4n) is 3.98. The van der Waals surface area contributed by atoms with Gasteiger partial charge in [0.2, 0.25) is 11.8 Å². The SMILES string of the molecule is O=C(Nc1ccccc1-c1csc(-c2ccccc2F)n1)C1CC(=O)N(c2cccc(F)c2)C1. The van der Waals surface area contributed by atoms with Gasteiger partial charge in [0.05, 0.1) is 17.3 Å². The Labute approximate surface area is 198 Å². The first kappa shape index (κ1) is 21.9. The van der Waals surface area contributed by atoms with Gasteiger partial charge in [0.1, 0.15) is 16.6 Å². The van der Waals surface area contributed by atoms with Crippen LogP contribution < -0.4 is 10.2 Å². The first-order valence-corrected chi connectivity index (χ1v) is 11.5. The van der Waals surface area contributed by atoms with E-state index in [0.29, 0.717) is 33.2 Å². The summed E-state index contributed by atoms with van der Waals surface area (Å²) in [6, 6.07) is 19.4. The minimum Gasteiger partial charge on any atom is -0.325 e. The number of anilines is 2. The summed E-state index contributed by atoms with van der Waals surface area (Å²) in [5, 5.41) is 5.27. The van der Waals surface area contributed by atoms with Crippen LogP contribution in [-0.2, 0) is 9.59 Å². The van der Waals surface area contributed by atoms with Crippen molar-refractivity contribution in [2.45, 2.75) is 6.42 Å². The number of halogens is 2. The number of amides is 2. The van der Waals surface area contributed by atoms with E-state index >= 15 is 0 Å². The topological polar surface area (TPSA) is 62.3 Å². The molecule has 5 nitrogen and oxygen atoms in total. The van der Waals surface area contributed by atoms with Gasteiger partial charge in [-0.3, -0.25) is 9.59 Å². The molecule has 2 heterocycles. The highest BCUT2D eigenvalue weighted by Gasteiger charge is 2.35. The number of thiazole rings is 1. The van der Waals surface area contributed by atoms with Crippen molar-refractivity contribution in [3.05, 3.63) is 89.8 Å². The Bertz CT molecular complexity index is 1390. The van der Waals surface area contributed by atoms with E-state index in [0.717, 1.165) is 0 Å². The fourth-order valence-corrected chi connectivity index (χ4v) is 4.83. The number of hydrogen-bond donors (Lipinski definition) is 1. The van der Waals surface area contributed by atoms with Gasteiger partial charge in [-0.2, -0.15) is 0 Å². The second-order valence-electron chi connectivity index (χ2n) is 7.94. The number of nitrogens with zero attached hydrogens (tertiary/aromatic N) is 2. The van der Waals surface area contributed by atoms with Gasteiger partial charge in [-0.1, -0.05) is 36.4 Å². The molecule has 0 saturated carbocycles. The number of aromatic nitrogens is 1. The molecular formula is C26H19F2N3O2S. The zero-order valence-corrected chi connectivity index (χ0v) is 18.7. The molecule has 1 N–H and O–H groups in total. The molecule has 1 saturated heterocycles. The Kier molecular flexibility index (Phi) is 5.90. The van der Waals surface area contributed by atoms with E-state index in [4.69, 9.17) is 0 Å². The van der Waals surface area contributed by atoms with Gasteiger partial charge in [-0.05, 0) is 36.4 Å². The monoisotopic (exact) mass is 475 g/mol. The highest BCUT2D eigenvalue weighted by atomic mass is 32.1. The average Bonchev–Trinajstić information content (AvgIpc) is 3.47. The molecule has 4 aromatic rings. The van der Waals surface area contributed by atoms with Crippen LogP contribution in [0.15, 0.2) is 78.2 Å². The van der Waals surface area contributed by atoms with Gasteiger partial charge in [0, 0.05) is 35.2 Å². The molecule has 170 valence electrons. The lowest BCUT2D eigenvalue weighted by Crippen LogP contribution is -2.28. The van der Waals surface area contributed by atoms with Gasteiger partial charge in [0.15, 0.2) is 0 Å². The summed E-state index contributed by atoms with van der Waals surface area (Å²) in [5.74, 6) is -1.89. The van der Waals surface area contributed by atoms with Gasteiger partial charge >= 0.3 is 0 Å². The van der Waals surface area contributed by atoms with Crippen LogP contribution in [0.1, 0.15) is 6.42 Å². The molecule has 0 spiro atoms. The second-order valence-corrected chi connectivity index (χ2v) is 8.80. The Morgan fingerprint density at radius 1 is 1.00 bits per heavy atom. The standard InChI is InChI=1S/C26H19F2N3O2S/c27-17-6-5-7-18(13-17)31-14-16(12-24(31)32)25(33)29-22-11-4-2-9-20(22)23-15-34-26(30-23)19-8-1-3-10-21(19)28/h1-11,13,15-16H,12,14H2,(H,29,33). The summed E-state index contributed by atoms with van der Waals surface area (Å²) in [6.07, 6.45) is 0.0403. The molecule has 1 fully saturated rings. The zero-order chi connectivity index (χ0) is 23.7. The first-order valence-electron chi connectivity index (χ1n) is 10.7. The van der Waals surface area contributed by atoms with Crippen LogP contribution in [-0.4, -0.2) is 23.3 Å². The van der Waals surface area contributed by atoms with Crippen LogP contribution in [0, 0.1) is 17.6 Å². The lowest BCUT2D eigenvalue weighted by Gasteiger charge is -2.17. The molecule has 34 heavy (non-hydrogen) atoms. The maximum atomic E-state index is 14.2. The number of benzene rings is 3. The summed E-state index contributed by atoms with van der Waals surface area (Å²) >= 11 is 1.32. The largest absolute Gasteiger partial charge is 0.325 e. The van der Waals surface area contributed by atoms with Crippen LogP contribution >= 0.6 is 11.3 Å². The number of rotatable bonds is 5. The zero-order valence-electron chi connectivity index (χ0n) is 17.9. The molecule has 1 unspecified atom stereocenters. The average molecular weight is 476 g/mol. The molecule has 2 amide bonds. The molecule has 1 aliphatic rings. The summed E-state index contributed by atoms with van der Waals surface area (Å²) in [7, 11) is 0. The van der Waals surface area contributed by atoms with E-state index in [2.05, 4.69) is 10.3 Å². The number of nitrogens with one attached hydrogen (secondary N) is 1. The molecule has 0 aliphatic carbocycles. The van der Waals surface area contributed by atoms with E-state index in [1.165, 1.54) is 40.5 Å². The van der Waals surface area contributed by atoms with Gasteiger partial charge in [-0.25, -0.2) is 13.8 Å². The summed E-state index contributed by atoms with van der Waals surface area (Å²) in [5.41, 5.74) is 2.71. The van der Waals surface area contributed by atoms with Crippen molar-refractivity contribution in [1.29, 1.82) is 0 Å². The van der Waals surface area contributed by atoms with Crippen molar-refractivity contribution in [3.63, 3.8) is 0 Å². The third kappa shape index (κ3) is 4.32. The maximum absolute atomic E-state index is 14.2. The lowest BCUT2D eigenvalue weighted by atomic mass is 10.1. The Morgan fingerprint density at radius 2 is 1.76 bits per heavy atom. The number of hydrogen-bond acceptors (Lipinski definition) is 4. The summed E-state index contributed by atoms with van der Waals surface area (Å²) < 4.78 is 27.8. The molecule has 5 rings (SSSR count). The third-order valence-corrected chi connectivity index (χ3v) is 6.56. The smallest absolute Gasteiger partial charge is 0.229 e. The number of para-hydroxylation sites is 1. The van der Waals surface area contributed by atoms with E-state index in [1.54, 1.807) is 36.4 Å². The lowest BCUT2D eigenvalue weighted by molar-refractivity contribution is -0.122. The first-order chi connectivity index (χ1) is 16.5. The number of carbonyl (C=O) groups excluding carboxylic acids is 2. The number of carbonyl (C=O) groups is 2. The highest BCUT2D eigenvalue weighted by Crippen LogP contribution is 2.34. The van der Waals surface area contributed by atoms with Crippen molar-refractivity contribution in [1.82, 2.24) is 4.98 Å². The van der Waals surface area contributed by atoms with Crippen molar-refractivity contribution in [2.24, 2.45) is 5.92 Å². The fraction of sp³-hybridized carbons (Fsp3) is 0.115. The van der Waals surface area contributed by atoms with Gasteiger partial charge in [-0.15, -0.1) is 11.3 Å². The molecular weight excluding hydrogens is 456 g/mol. The third-order valence-electron chi connectivity index (χ3n) is 5.69. The van der Waals surface area contributed by atoms with Crippen LogP contribution in [0.25, 0.3) is 21.8 Å².